The van der Waals surface area contributed by atoms with Gasteiger partial charge in [0.05, 0.1) is 16.6 Å². The van der Waals surface area contributed by atoms with Gasteiger partial charge in [-0.05, 0) is 30.3 Å². The summed E-state index contributed by atoms with van der Waals surface area (Å²) in [5.41, 5.74) is 1.20. The van der Waals surface area contributed by atoms with Gasteiger partial charge in [0.15, 0.2) is 0 Å². The molecule has 0 aliphatic heterocycles. The molecule has 0 aliphatic rings. The quantitative estimate of drug-likeness (QED) is 0.662. The molecule has 1 heterocycles. The van der Waals surface area contributed by atoms with E-state index in [1.165, 1.54) is 6.07 Å². The highest BCUT2D eigenvalue weighted by Gasteiger charge is 2.30. The van der Waals surface area contributed by atoms with Crippen molar-refractivity contribution in [3.8, 4) is 11.4 Å². The number of alkyl halides is 3. The number of imidazole rings is 1. The summed E-state index contributed by atoms with van der Waals surface area (Å²) in [4.78, 5) is 7.33. The zero-order chi connectivity index (χ0) is 14.3. The highest BCUT2D eigenvalue weighted by Crippen LogP contribution is 2.32. The van der Waals surface area contributed by atoms with Crippen LogP contribution in [0.1, 0.15) is 5.56 Å². The number of hydrogen-bond acceptors (Lipinski definition) is 1. The number of nitrogens with one attached hydrogen (secondary N) is 1. The van der Waals surface area contributed by atoms with Crippen LogP contribution in [-0.4, -0.2) is 9.97 Å². The van der Waals surface area contributed by atoms with Crippen LogP contribution in [0, 0.1) is 0 Å². The molecule has 0 amide bonds. The molecule has 2 aromatic carbocycles. The van der Waals surface area contributed by atoms with Gasteiger partial charge in [0, 0.05) is 10.0 Å². The first-order chi connectivity index (χ1) is 9.43. The van der Waals surface area contributed by atoms with E-state index in [0.717, 1.165) is 22.1 Å². The number of fused-ring (bicyclic) bond motifs is 1. The summed E-state index contributed by atoms with van der Waals surface area (Å²) >= 11 is 3.34. The number of halogens is 4. The van der Waals surface area contributed by atoms with Crippen LogP contribution >= 0.6 is 15.9 Å². The molecular formula is C14H8BrF3N2. The summed E-state index contributed by atoms with van der Waals surface area (Å²) in [6.07, 6.45) is -4.36. The second-order valence-electron chi connectivity index (χ2n) is 4.33. The molecule has 0 bridgehead atoms. The van der Waals surface area contributed by atoms with Gasteiger partial charge in [-0.15, -0.1) is 0 Å². The lowest BCUT2D eigenvalue weighted by molar-refractivity contribution is -0.137. The van der Waals surface area contributed by atoms with Crippen LogP contribution in [0.25, 0.3) is 22.4 Å². The van der Waals surface area contributed by atoms with Gasteiger partial charge in [-0.3, -0.25) is 0 Å². The minimum absolute atomic E-state index is 0.409. The van der Waals surface area contributed by atoms with E-state index in [1.807, 2.05) is 12.1 Å². The summed E-state index contributed by atoms with van der Waals surface area (Å²) in [5.74, 6) is 0.421. The Morgan fingerprint density at radius 3 is 2.60 bits per heavy atom. The van der Waals surface area contributed by atoms with E-state index in [4.69, 9.17) is 0 Å². The zero-order valence-electron chi connectivity index (χ0n) is 10.0. The highest BCUT2D eigenvalue weighted by molar-refractivity contribution is 9.10. The van der Waals surface area contributed by atoms with Crippen molar-refractivity contribution in [2.24, 2.45) is 0 Å². The standard InChI is InChI=1S/C14H8BrF3N2/c15-10-4-5-11-12(7-10)20-13(19-11)8-2-1-3-9(6-8)14(16,17)18/h1-7H,(H,19,20). The van der Waals surface area contributed by atoms with Crippen molar-refractivity contribution in [3.05, 3.63) is 52.5 Å². The smallest absolute Gasteiger partial charge is 0.338 e. The Morgan fingerprint density at radius 1 is 1.05 bits per heavy atom. The molecule has 6 heteroatoms. The maximum absolute atomic E-state index is 12.7. The van der Waals surface area contributed by atoms with Crippen molar-refractivity contribution in [1.82, 2.24) is 9.97 Å². The number of aromatic amines is 1. The molecule has 0 unspecified atom stereocenters. The summed E-state index contributed by atoms with van der Waals surface area (Å²) in [7, 11) is 0. The van der Waals surface area contributed by atoms with Gasteiger partial charge < -0.3 is 4.98 Å². The van der Waals surface area contributed by atoms with Crippen molar-refractivity contribution >= 4 is 27.0 Å². The van der Waals surface area contributed by atoms with E-state index in [2.05, 4.69) is 25.9 Å². The van der Waals surface area contributed by atoms with Crippen molar-refractivity contribution in [3.63, 3.8) is 0 Å². The lowest BCUT2D eigenvalue weighted by Crippen LogP contribution is -2.04. The minimum atomic E-state index is -4.36. The average molecular weight is 341 g/mol. The first kappa shape index (κ1) is 13.2. The van der Waals surface area contributed by atoms with E-state index < -0.39 is 11.7 Å². The van der Waals surface area contributed by atoms with Crippen molar-refractivity contribution in [2.45, 2.75) is 6.18 Å². The zero-order valence-corrected chi connectivity index (χ0v) is 11.6. The van der Waals surface area contributed by atoms with E-state index in [1.54, 1.807) is 12.1 Å². The number of hydrogen-bond donors (Lipinski definition) is 1. The van der Waals surface area contributed by atoms with E-state index in [9.17, 15) is 13.2 Å². The molecule has 0 saturated carbocycles. The lowest BCUT2D eigenvalue weighted by Gasteiger charge is -2.07. The Bertz CT molecular complexity index is 777. The largest absolute Gasteiger partial charge is 0.416 e. The topological polar surface area (TPSA) is 28.7 Å². The Balaban J connectivity index is 2.11. The van der Waals surface area contributed by atoms with Gasteiger partial charge in [-0.25, -0.2) is 4.98 Å². The summed E-state index contributed by atoms with van der Waals surface area (Å²) in [6.45, 7) is 0. The molecule has 0 saturated heterocycles. The van der Waals surface area contributed by atoms with E-state index in [0.29, 0.717) is 16.9 Å². The second-order valence-corrected chi connectivity index (χ2v) is 5.24. The Morgan fingerprint density at radius 2 is 1.85 bits per heavy atom. The van der Waals surface area contributed by atoms with Crippen molar-refractivity contribution < 1.29 is 13.2 Å². The Kier molecular flexibility index (Phi) is 3.05. The summed E-state index contributed by atoms with van der Waals surface area (Å²) < 4.78 is 39.0. The third kappa shape index (κ3) is 2.43. The van der Waals surface area contributed by atoms with E-state index in [-0.39, 0.29) is 0 Å². The van der Waals surface area contributed by atoms with Gasteiger partial charge in [0.25, 0.3) is 0 Å². The van der Waals surface area contributed by atoms with Gasteiger partial charge >= 0.3 is 6.18 Å². The molecule has 0 atom stereocenters. The lowest BCUT2D eigenvalue weighted by atomic mass is 10.1. The molecular weight excluding hydrogens is 333 g/mol. The van der Waals surface area contributed by atoms with Crippen LogP contribution in [0.3, 0.4) is 0 Å². The molecule has 0 spiro atoms. The molecule has 102 valence electrons. The molecule has 0 aliphatic carbocycles. The monoisotopic (exact) mass is 340 g/mol. The minimum Gasteiger partial charge on any atom is -0.338 e. The third-order valence-corrected chi connectivity index (χ3v) is 3.40. The fourth-order valence-corrected chi connectivity index (χ4v) is 2.32. The van der Waals surface area contributed by atoms with Crippen molar-refractivity contribution in [2.75, 3.05) is 0 Å². The summed E-state index contributed by atoms with van der Waals surface area (Å²) in [6, 6.07) is 10.6. The van der Waals surface area contributed by atoms with Crippen LogP contribution in [-0.2, 0) is 6.18 Å². The molecule has 1 aromatic heterocycles. The van der Waals surface area contributed by atoms with Gasteiger partial charge in [-0.2, -0.15) is 13.2 Å². The fourth-order valence-electron chi connectivity index (χ4n) is 1.96. The fraction of sp³-hybridized carbons (Fsp3) is 0.0714. The summed E-state index contributed by atoms with van der Waals surface area (Å²) in [5, 5.41) is 0. The number of benzene rings is 2. The first-order valence-electron chi connectivity index (χ1n) is 5.76. The predicted molar refractivity (Wildman–Crippen MR) is 74.2 cm³/mol. The second kappa shape index (κ2) is 4.63. The van der Waals surface area contributed by atoms with Crippen LogP contribution in [0.15, 0.2) is 46.9 Å². The molecule has 0 fully saturated rings. The first-order valence-corrected chi connectivity index (χ1v) is 6.56. The Hall–Kier alpha value is -1.82. The molecule has 3 rings (SSSR count). The SMILES string of the molecule is FC(F)(F)c1cccc(-c2nc3ccc(Br)cc3[nH]2)c1. The maximum atomic E-state index is 12.7. The molecule has 0 radical (unpaired) electrons. The van der Waals surface area contributed by atoms with E-state index >= 15 is 0 Å². The van der Waals surface area contributed by atoms with Gasteiger partial charge in [0.1, 0.15) is 5.82 Å². The van der Waals surface area contributed by atoms with Crippen LogP contribution in [0.2, 0.25) is 0 Å². The predicted octanol–water partition coefficient (Wildman–Crippen LogP) is 5.01. The number of rotatable bonds is 1. The molecule has 3 aromatic rings. The van der Waals surface area contributed by atoms with Crippen LogP contribution in [0.4, 0.5) is 13.2 Å². The average Bonchev–Trinajstić information content (AvgIpc) is 2.81. The van der Waals surface area contributed by atoms with Crippen LogP contribution < -0.4 is 0 Å². The maximum Gasteiger partial charge on any atom is 0.416 e. The molecule has 2 nitrogen and oxygen atoms in total. The number of nitrogens with zero attached hydrogens (tertiary/aromatic N) is 1. The number of aromatic nitrogens is 2. The van der Waals surface area contributed by atoms with Crippen molar-refractivity contribution in [1.29, 1.82) is 0 Å². The van der Waals surface area contributed by atoms with Gasteiger partial charge in [0.2, 0.25) is 0 Å². The molecule has 1 N–H and O–H groups in total. The molecule has 20 heavy (non-hydrogen) atoms. The van der Waals surface area contributed by atoms with Crippen LogP contribution in [0.5, 0.6) is 0 Å². The van der Waals surface area contributed by atoms with Gasteiger partial charge in [-0.1, -0.05) is 28.1 Å². The number of H-pyrrole nitrogens is 1. The highest BCUT2D eigenvalue weighted by atomic mass is 79.9. The normalized spacial score (nSPS) is 12.0. The Labute approximate surface area is 120 Å². The third-order valence-electron chi connectivity index (χ3n) is 2.91.